The van der Waals surface area contributed by atoms with Crippen LogP contribution in [0.4, 0.5) is 0 Å². The van der Waals surface area contributed by atoms with E-state index >= 15 is 0 Å². The molecule has 0 aromatic rings. The van der Waals surface area contributed by atoms with Gasteiger partial charge in [0.2, 0.25) is 0 Å². The Kier molecular flexibility index (Phi) is 3.79. The minimum atomic E-state index is 0.346. The van der Waals surface area contributed by atoms with Gasteiger partial charge in [0, 0.05) is 25.8 Å². The fourth-order valence-electron chi connectivity index (χ4n) is 1.81. The van der Waals surface area contributed by atoms with E-state index < -0.39 is 0 Å². The van der Waals surface area contributed by atoms with Crippen LogP contribution in [0.3, 0.4) is 0 Å². The summed E-state index contributed by atoms with van der Waals surface area (Å²) in [5.41, 5.74) is 0. The van der Waals surface area contributed by atoms with Crippen LogP contribution >= 0.6 is 0 Å². The molecule has 1 saturated carbocycles. The van der Waals surface area contributed by atoms with Crippen LogP contribution in [0.15, 0.2) is 0 Å². The average Bonchev–Trinajstić information content (AvgIpc) is 3.00. The van der Waals surface area contributed by atoms with Gasteiger partial charge >= 0.3 is 0 Å². The first-order chi connectivity index (χ1) is 6.84. The Morgan fingerprint density at radius 1 is 1.29 bits per heavy atom. The van der Waals surface area contributed by atoms with Crippen molar-refractivity contribution in [1.82, 2.24) is 5.32 Å². The molecule has 2 aliphatic rings. The van der Waals surface area contributed by atoms with Gasteiger partial charge in [-0.1, -0.05) is 0 Å². The lowest BCUT2D eigenvalue weighted by Crippen LogP contribution is -2.33. The second-order valence-electron chi connectivity index (χ2n) is 4.44. The van der Waals surface area contributed by atoms with Gasteiger partial charge in [0.05, 0.1) is 12.2 Å². The van der Waals surface area contributed by atoms with Crippen LogP contribution in [-0.4, -0.2) is 38.0 Å². The van der Waals surface area contributed by atoms with Gasteiger partial charge in [-0.25, -0.2) is 0 Å². The van der Waals surface area contributed by atoms with E-state index in [0.717, 1.165) is 38.6 Å². The number of rotatable bonds is 5. The van der Waals surface area contributed by atoms with Gasteiger partial charge in [0.1, 0.15) is 0 Å². The van der Waals surface area contributed by atoms with Crippen LogP contribution in [0.2, 0.25) is 0 Å². The Morgan fingerprint density at radius 3 is 2.64 bits per heavy atom. The lowest BCUT2D eigenvalue weighted by atomic mass is 10.1. The number of nitrogens with one attached hydrogen (secondary N) is 1. The van der Waals surface area contributed by atoms with Crippen molar-refractivity contribution in [2.24, 2.45) is 0 Å². The molecule has 1 heterocycles. The highest BCUT2D eigenvalue weighted by molar-refractivity contribution is 4.81. The summed E-state index contributed by atoms with van der Waals surface area (Å²) in [6.07, 6.45) is 5.61. The van der Waals surface area contributed by atoms with Crippen molar-refractivity contribution in [2.75, 3.05) is 19.8 Å². The van der Waals surface area contributed by atoms with Crippen LogP contribution in [-0.2, 0) is 9.47 Å². The summed E-state index contributed by atoms with van der Waals surface area (Å²) in [5.74, 6) is 0. The van der Waals surface area contributed by atoms with Gasteiger partial charge in [-0.15, -0.1) is 0 Å². The molecule has 82 valence electrons. The van der Waals surface area contributed by atoms with Crippen molar-refractivity contribution in [2.45, 2.75) is 50.9 Å². The molecule has 0 radical (unpaired) electrons. The first-order valence-corrected chi connectivity index (χ1v) is 5.81. The molecule has 1 unspecified atom stereocenters. The van der Waals surface area contributed by atoms with E-state index in [1.807, 2.05) is 0 Å². The smallest absolute Gasteiger partial charge is 0.0675 e. The summed E-state index contributed by atoms with van der Waals surface area (Å²) in [5, 5.41) is 3.49. The SMILES string of the molecule is CC(CNC1CC1)OC1CCOCC1. The number of ether oxygens (including phenoxy) is 2. The summed E-state index contributed by atoms with van der Waals surface area (Å²) < 4.78 is 11.2. The number of hydrogen-bond acceptors (Lipinski definition) is 3. The molecular formula is C11H21NO2. The highest BCUT2D eigenvalue weighted by Gasteiger charge is 2.22. The van der Waals surface area contributed by atoms with Crippen molar-refractivity contribution in [3.05, 3.63) is 0 Å². The predicted molar refractivity (Wildman–Crippen MR) is 55.4 cm³/mol. The van der Waals surface area contributed by atoms with Crippen molar-refractivity contribution in [1.29, 1.82) is 0 Å². The van der Waals surface area contributed by atoms with E-state index in [2.05, 4.69) is 12.2 Å². The standard InChI is InChI=1S/C11H21NO2/c1-9(8-12-10-2-3-10)14-11-4-6-13-7-5-11/h9-12H,2-8H2,1H3. The third-order valence-electron chi connectivity index (χ3n) is 2.86. The topological polar surface area (TPSA) is 30.5 Å². The van der Waals surface area contributed by atoms with Crippen molar-refractivity contribution in [3.63, 3.8) is 0 Å². The molecule has 0 aromatic heterocycles. The van der Waals surface area contributed by atoms with Gasteiger partial charge < -0.3 is 14.8 Å². The Morgan fingerprint density at radius 2 is 2.00 bits per heavy atom. The molecule has 0 aromatic carbocycles. The maximum Gasteiger partial charge on any atom is 0.0675 e. The largest absolute Gasteiger partial charge is 0.381 e. The normalized spacial score (nSPS) is 26.4. The molecule has 1 atom stereocenters. The molecule has 0 amide bonds. The van der Waals surface area contributed by atoms with E-state index in [1.165, 1.54) is 12.8 Å². The third kappa shape index (κ3) is 3.56. The molecule has 3 nitrogen and oxygen atoms in total. The van der Waals surface area contributed by atoms with Gasteiger partial charge in [-0.3, -0.25) is 0 Å². The van der Waals surface area contributed by atoms with E-state index in [0.29, 0.717) is 12.2 Å². The van der Waals surface area contributed by atoms with Crippen LogP contribution in [0.5, 0.6) is 0 Å². The third-order valence-corrected chi connectivity index (χ3v) is 2.86. The van der Waals surface area contributed by atoms with Crippen molar-refractivity contribution < 1.29 is 9.47 Å². The molecule has 2 rings (SSSR count). The molecule has 1 aliphatic heterocycles. The Labute approximate surface area is 86.2 Å². The van der Waals surface area contributed by atoms with Crippen molar-refractivity contribution >= 4 is 0 Å². The lowest BCUT2D eigenvalue weighted by molar-refractivity contribution is -0.0613. The highest BCUT2D eigenvalue weighted by Crippen LogP contribution is 2.19. The molecule has 14 heavy (non-hydrogen) atoms. The Balaban J connectivity index is 1.57. The second kappa shape index (κ2) is 5.10. The minimum Gasteiger partial charge on any atom is -0.381 e. The van der Waals surface area contributed by atoms with Crippen LogP contribution in [0, 0.1) is 0 Å². The molecule has 3 heteroatoms. The quantitative estimate of drug-likeness (QED) is 0.724. The van der Waals surface area contributed by atoms with E-state index in [4.69, 9.17) is 9.47 Å². The summed E-state index contributed by atoms with van der Waals surface area (Å²) in [4.78, 5) is 0. The zero-order valence-electron chi connectivity index (χ0n) is 9.00. The molecule has 0 spiro atoms. The predicted octanol–water partition coefficient (Wildman–Crippen LogP) is 1.32. The molecule has 1 N–H and O–H groups in total. The molecule has 2 fully saturated rings. The summed E-state index contributed by atoms with van der Waals surface area (Å²) in [6.45, 7) is 4.90. The first kappa shape index (κ1) is 10.4. The monoisotopic (exact) mass is 199 g/mol. The zero-order chi connectivity index (χ0) is 9.80. The fraction of sp³-hybridized carbons (Fsp3) is 1.00. The summed E-state index contributed by atoms with van der Waals surface area (Å²) >= 11 is 0. The Hall–Kier alpha value is -0.120. The summed E-state index contributed by atoms with van der Waals surface area (Å²) in [7, 11) is 0. The average molecular weight is 199 g/mol. The minimum absolute atomic E-state index is 0.346. The Bertz CT molecular complexity index is 165. The van der Waals surface area contributed by atoms with E-state index in [9.17, 15) is 0 Å². The molecular weight excluding hydrogens is 178 g/mol. The van der Waals surface area contributed by atoms with Crippen LogP contribution in [0.1, 0.15) is 32.6 Å². The fourth-order valence-corrected chi connectivity index (χ4v) is 1.81. The van der Waals surface area contributed by atoms with Gasteiger partial charge in [0.15, 0.2) is 0 Å². The van der Waals surface area contributed by atoms with E-state index in [1.54, 1.807) is 0 Å². The maximum absolute atomic E-state index is 5.93. The van der Waals surface area contributed by atoms with Crippen LogP contribution < -0.4 is 5.32 Å². The zero-order valence-corrected chi connectivity index (χ0v) is 9.00. The molecule has 1 saturated heterocycles. The van der Waals surface area contributed by atoms with E-state index in [-0.39, 0.29) is 0 Å². The maximum atomic E-state index is 5.93. The summed E-state index contributed by atoms with van der Waals surface area (Å²) in [6, 6.07) is 0.788. The van der Waals surface area contributed by atoms with Crippen LogP contribution in [0.25, 0.3) is 0 Å². The number of hydrogen-bond donors (Lipinski definition) is 1. The molecule has 1 aliphatic carbocycles. The van der Waals surface area contributed by atoms with Gasteiger partial charge in [-0.05, 0) is 32.6 Å². The van der Waals surface area contributed by atoms with Crippen molar-refractivity contribution in [3.8, 4) is 0 Å². The molecule has 0 bridgehead atoms. The van der Waals surface area contributed by atoms with Gasteiger partial charge in [-0.2, -0.15) is 0 Å². The second-order valence-corrected chi connectivity index (χ2v) is 4.44. The lowest BCUT2D eigenvalue weighted by Gasteiger charge is -2.26. The van der Waals surface area contributed by atoms with Gasteiger partial charge in [0.25, 0.3) is 0 Å². The first-order valence-electron chi connectivity index (χ1n) is 5.81. The highest BCUT2D eigenvalue weighted by atomic mass is 16.5.